The van der Waals surface area contributed by atoms with Gasteiger partial charge in [-0.25, -0.2) is 0 Å². The Morgan fingerprint density at radius 2 is 2.36 bits per heavy atom. The zero-order chi connectivity index (χ0) is 8.27. The second-order valence-electron chi connectivity index (χ2n) is 2.48. The molecule has 1 aliphatic rings. The summed E-state index contributed by atoms with van der Waals surface area (Å²) >= 11 is 4.09. The summed E-state index contributed by atoms with van der Waals surface area (Å²) in [6.07, 6.45) is 3.52. The number of carbonyl (C=O) groups is 1. The minimum Gasteiger partial charge on any atom is -0.360 e. The minimum atomic E-state index is -0.228. The summed E-state index contributed by atoms with van der Waals surface area (Å²) in [6.45, 7) is 2.07. The van der Waals surface area contributed by atoms with Crippen LogP contribution in [0.15, 0.2) is 11.8 Å². The molecule has 0 fully saturated rings. The van der Waals surface area contributed by atoms with E-state index in [1.165, 1.54) is 0 Å². The van der Waals surface area contributed by atoms with Crippen LogP contribution in [0.1, 0.15) is 19.8 Å². The highest BCUT2D eigenvalue weighted by Gasteiger charge is 2.13. The van der Waals surface area contributed by atoms with Gasteiger partial charge < -0.3 is 10.6 Å². The van der Waals surface area contributed by atoms with Crippen LogP contribution in [0.4, 0.5) is 0 Å². The van der Waals surface area contributed by atoms with Crippen molar-refractivity contribution in [2.24, 2.45) is 0 Å². The molecule has 1 rings (SSSR count). The van der Waals surface area contributed by atoms with Crippen LogP contribution in [0, 0.1) is 0 Å². The quantitative estimate of drug-likeness (QED) is 0.534. The third-order valence-electron chi connectivity index (χ3n) is 1.43. The standard InChI is InChI=1S/C7H12N2OS/c1-2-3-5-4-6(10)9-7(11)8-5/h4,7-8,11H,2-3H2,1H3,(H,9,10). The van der Waals surface area contributed by atoms with Crippen molar-refractivity contribution < 1.29 is 4.79 Å². The topological polar surface area (TPSA) is 41.1 Å². The van der Waals surface area contributed by atoms with Crippen LogP contribution >= 0.6 is 12.6 Å². The van der Waals surface area contributed by atoms with Crippen LogP contribution in [0.2, 0.25) is 0 Å². The van der Waals surface area contributed by atoms with Crippen molar-refractivity contribution >= 4 is 18.5 Å². The monoisotopic (exact) mass is 172 g/mol. The molecule has 0 aliphatic carbocycles. The van der Waals surface area contributed by atoms with Crippen LogP contribution in [0.3, 0.4) is 0 Å². The molecule has 0 saturated heterocycles. The van der Waals surface area contributed by atoms with Gasteiger partial charge in [-0.05, 0) is 6.42 Å². The summed E-state index contributed by atoms with van der Waals surface area (Å²) in [5, 5.41) is 5.65. The normalized spacial score (nSPS) is 23.6. The van der Waals surface area contributed by atoms with Gasteiger partial charge in [0.2, 0.25) is 5.91 Å². The van der Waals surface area contributed by atoms with Crippen molar-refractivity contribution in [2.75, 3.05) is 0 Å². The second kappa shape index (κ2) is 3.67. The number of thiol groups is 1. The molecule has 1 heterocycles. The van der Waals surface area contributed by atoms with E-state index >= 15 is 0 Å². The Labute approximate surface area is 71.6 Å². The maximum atomic E-state index is 10.9. The molecule has 62 valence electrons. The predicted octanol–water partition coefficient (Wildman–Crippen LogP) is 0.603. The highest BCUT2D eigenvalue weighted by molar-refractivity contribution is 7.80. The van der Waals surface area contributed by atoms with Gasteiger partial charge in [0.15, 0.2) is 0 Å². The summed E-state index contributed by atoms with van der Waals surface area (Å²) in [7, 11) is 0. The summed E-state index contributed by atoms with van der Waals surface area (Å²) in [6, 6.07) is 0. The Bertz CT molecular complexity index is 191. The number of nitrogens with one attached hydrogen (secondary N) is 2. The lowest BCUT2D eigenvalue weighted by atomic mass is 10.2. The Hall–Kier alpha value is -0.640. The first-order valence-electron chi connectivity index (χ1n) is 3.68. The molecule has 0 spiro atoms. The molecule has 0 saturated carbocycles. The summed E-state index contributed by atoms with van der Waals surface area (Å²) < 4.78 is 0. The van der Waals surface area contributed by atoms with Crippen LogP contribution in [-0.2, 0) is 4.79 Å². The van der Waals surface area contributed by atoms with Crippen LogP contribution in [0.5, 0.6) is 0 Å². The SMILES string of the molecule is CCCC1=CC(=O)NC(S)N1. The molecule has 1 aliphatic heterocycles. The van der Waals surface area contributed by atoms with E-state index in [9.17, 15) is 4.79 Å². The molecule has 3 nitrogen and oxygen atoms in total. The van der Waals surface area contributed by atoms with E-state index in [2.05, 4.69) is 30.2 Å². The Kier molecular flexibility index (Phi) is 2.82. The van der Waals surface area contributed by atoms with E-state index in [1.54, 1.807) is 6.08 Å². The maximum Gasteiger partial charge on any atom is 0.247 e. The Balaban J connectivity index is 2.57. The average Bonchev–Trinajstić information content (AvgIpc) is 1.85. The van der Waals surface area contributed by atoms with Gasteiger partial charge in [-0.2, -0.15) is 0 Å². The maximum absolute atomic E-state index is 10.9. The fourth-order valence-corrected chi connectivity index (χ4v) is 1.29. The lowest BCUT2D eigenvalue weighted by molar-refractivity contribution is -0.117. The molecule has 0 aromatic carbocycles. The van der Waals surface area contributed by atoms with E-state index in [1.807, 2.05) is 0 Å². The van der Waals surface area contributed by atoms with E-state index < -0.39 is 0 Å². The molecule has 4 heteroatoms. The van der Waals surface area contributed by atoms with Crippen molar-refractivity contribution in [2.45, 2.75) is 25.3 Å². The molecule has 0 aromatic rings. The molecule has 0 aromatic heterocycles. The first-order chi connectivity index (χ1) is 5.22. The summed E-state index contributed by atoms with van der Waals surface area (Å²) in [4.78, 5) is 10.9. The molecule has 1 atom stereocenters. The van der Waals surface area contributed by atoms with E-state index in [4.69, 9.17) is 0 Å². The number of amides is 1. The van der Waals surface area contributed by atoms with Crippen molar-refractivity contribution in [3.8, 4) is 0 Å². The van der Waals surface area contributed by atoms with Crippen molar-refractivity contribution in [1.82, 2.24) is 10.6 Å². The molecular weight excluding hydrogens is 160 g/mol. The molecule has 1 unspecified atom stereocenters. The number of carbonyl (C=O) groups excluding carboxylic acids is 1. The lowest BCUT2D eigenvalue weighted by Gasteiger charge is -2.22. The van der Waals surface area contributed by atoms with E-state index in [0.29, 0.717) is 0 Å². The van der Waals surface area contributed by atoms with Gasteiger partial charge in [0.1, 0.15) is 5.50 Å². The molecule has 1 amide bonds. The van der Waals surface area contributed by atoms with Crippen molar-refractivity contribution in [1.29, 1.82) is 0 Å². The number of hydrogen-bond acceptors (Lipinski definition) is 3. The van der Waals surface area contributed by atoms with Crippen LogP contribution < -0.4 is 10.6 Å². The van der Waals surface area contributed by atoms with Gasteiger partial charge in [0, 0.05) is 11.8 Å². The fraction of sp³-hybridized carbons (Fsp3) is 0.571. The van der Waals surface area contributed by atoms with Gasteiger partial charge in [0.25, 0.3) is 0 Å². The second-order valence-corrected chi connectivity index (χ2v) is 2.99. The predicted molar refractivity (Wildman–Crippen MR) is 47.0 cm³/mol. The van der Waals surface area contributed by atoms with E-state index in [0.717, 1.165) is 18.5 Å². The third kappa shape index (κ3) is 2.46. The van der Waals surface area contributed by atoms with Gasteiger partial charge in [-0.1, -0.05) is 13.3 Å². The zero-order valence-corrected chi connectivity index (χ0v) is 7.32. The first-order valence-corrected chi connectivity index (χ1v) is 4.19. The van der Waals surface area contributed by atoms with Crippen LogP contribution in [0.25, 0.3) is 0 Å². The molecule has 11 heavy (non-hydrogen) atoms. The van der Waals surface area contributed by atoms with Crippen molar-refractivity contribution in [3.63, 3.8) is 0 Å². The molecule has 0 radical (unpaired) electrons. The molecular formula is C7H12N2OS. The molecule has 2 N–H and O–H groups in total. The van der Waals surface area contributed by atoms with Crippen LogP contribution in [-0.4, -0.2) is 11.4 Å². The Morgan fingerprint density at radius 3 is 2.91 bits per heavy atom. The van der Waals surface area contributed by atoms with Gasteiger partial charge >= 0.3 is 0 Å². The first kappa shape index (κ1) is 8.46. The highest BCUT2D eigenvalue weighted by atomic mass is 32.1. The smallest absolute Gasteiger partial charge is 0.247 e. The lowest BCUT2D eigenvalue weighted by Crippen LogP contribution is -2.44. The average molecular weight is 172 g/mol. The fourth-order valence-electron chi connectivity index (χ4n) is 1.00. The number of allylic oxidation sites excluding steroid dienone is 1. The largest absolute Gasteiger partial charge is 0.360 e. The van der Waals surface area contributed by atoms with Crippen molar-refractivity contribution in [3.05, 3.63) is 11.8 Å². The summed E-state index contributed by atoms with van der Waals surface area (Å²) in [5.74, 6) is -0.0628. The number of rotatable bonds is 2. The van der Waals surface area contributed by atoms with Gasteiger partial charge in [0.05, 0.1) is 0 Å². The Morgan fingerprint density at radius 1 is 1.64 bits per heavy atom. The summed E-state index contributed by atoms with van der Waals surface area (Å²) in [5.41, 5.74) is 0.741. The van der Waals surface area contributed by atoms with E-state index in [-0.39, 0.29) is 11.4 Å². The van der Waals surface area contributed by atoms with Gasteiger partial charge in [-0.15, -0.1) is 12.6 Å². The third-order valence-corrected chi connectivity index (χ3v) is 1.68. The minimum absolute atomic E-state index is 0.0628. The van der Waals surface area contributed by atoms with Gasteiger partial charge in [-0.3, -0.25) is 4.79 Å². The highest BCUT2D eigenvalue weighted by Crippen LogP contribution is 2.06. The zero-order valence-electron chi connectivity index (χ0n) is 6.42. The number of hydrogen-bond donors (Lipinski definition) is 3. The molecule has 0 bridgehead atoms.